The second kappa shape index (κ2) is 4.74. The molecule has 6 heteroatoms. The van der Waals surface area contributed by atoms with Crippen LogP contribution in [0.1, 0.15) is 26.7 Å². The topological polar surface area (TPSA) is 16.1 Å². The Labute approximate surface area is 103 Å². The van der Waals surface area contributed by atoms with Crippen LogP contribution >= 0.6 is 0 Å². The van der Waals surface area contributed by atoms with E-state index < -0.39 is 29.2 Å². The first kappa shape index (κ1) is 13.1. The van der Waals surface area contributed by atoms with Gasteiger partial charge in [-0.3, -0.25) is 0 Å². The summed E-state index contributed by atoms with van der Waals surface area (Å²) in [6, 6.07) is -0.254. The molecule has 0 aromatic carbocycles. The molecule has 0 aliphatic heterocycles. The lowest BCUT2D eigenvalue weighted by molar-refractivity contribution is 0.402. The van der Waals surface area contributed by atoms with Crippen molar-refractivity contribution in [1.29, 1.82) is 0 Å². The van der Waals surface area contributed by atoms with E-state index in [1.165, 1.54) is 4.90 Å². The first-order chi connectivity index (χ1) is 8.41. The van der Waals surface area contributed by atoms with Gasteiger partial charge in [0.2, 0.25) is 11.6 Å². The molecule has 1 aromatic heterocycles. The third-order valence-electron chi connectivity index (χ3n) is 3.04. The van der Waals surface area contributed by atoms with Gasteiger partial charge >= 0.3 is 0 Å². The van der Waals surface area contributed by atoms with Crippen LogP contribution in [0, 0.1) is 29.4 Å². The Kier molecular flexibility index (Phi) is 3.45. The summed E-state index contributed by atoms with van der Waals surface area (Å²) in [4.78, 5) is 3.92. The Balaban J connectivity index is 2.44. The maximum Gasteiger partial charge on any atom is 0.253 e. The Morgan fingerprint density at radius 2 is 1.61 bits per heavy atom. The van der Waals surface area contributed by atoms with Crippen LogP contribution in [0.5, 0.6) is 0 Å². The molecule has 0 unspecified atom stereocenters. The van der Waals surface area contributed by atoms with Crippen molar-refractivity contribution < 1.29 is 17.6 Å². The van der Waals surface area contributed by atoms with Gasteiger partial charge in [-0.2, -0.15) is 22.5 Å². The quantitative estimate of drug-likeness (QED) is 0.611. The van der Waals surface area contributed by atoms with Crippen molar-refractivity contribution in [3.8, 4) is 0 Å². The van der Waals surface area contributed by atoms with E-state index in [9.17, 15) is 17.6 Å². The van der Waals surface area contributed by atoms with Crippen LogP contribution in [-0.2, 0) is 0 Å². The van der Waals surface area contributed by atoms with Gasteiger partial charge < -0.3 is 4.90 Å². The predicted molar refractivity (Wildman–Crippen MR) is 59.3 cm³/mol. The second-order valence-electron chi connectivity index (χ2n) is 4.86. The molecule has 0 bridgehead atoms. The van der Waals surface area contributed by atoms with Crippen molar-refractivity contribution in [2.45, 2.75) is 32.7 Å². The molecule has 1 fully saturated rings. The number of hydrogen-bond donors (Lipinski definition) is 0. The summed E-state index contributed by atoms with van der Waals surface area (Å²) >= 11 is 0. The third kappa shape index (κ3) is 2.42. The van der Waals surface area contributed by atoms with Gasteiger partial charge in [0.15, 0.2) is 0 Å². The van der Waals surface area contributed by atoms with Gasteiger partial charge in [-0.1, -0.05) is 0 Å². The minimum Gasteiger partial charge on any atom is -0.364 e. The molecule has 2 nitrogen and oxygen atoms in total. The Morgan fingerprint density at radius 1 is 1.11 bits per heavy atom. The number of hydrogen-bond acceptors (Lipinski definition) is 2. The molecule has 1 saturated carbocycles. The maximum absolute atomic E-state index is 13.6. The molecule has 0 radical (unpaired) electrons. The molecule has 1 aliphatic rings. The number of aromatic nitrogens is 1. The van der Waals surface area contributed by atoms with E-state index >= 15 is 0 Å². The molecular formula is C12H14F4N2. The minimum absolute atomic E-state index is 0.254. The molecule has 0 saturated heterocycles. The monoisotopic (exact) mass is 262 g/mol. The summed E-state index contributed by atoms with van der Waals surface area (Å²) in [5.41, 5.74) is -0.651. The van der Waals surface area contributed by atoms with Crippen LogP contribution in [-0.4, -0.2) is 17.6 Å². The Morgan fingerprint density at radius 3 is 2.00 bits per heavy atom. The zero-order chi connectivity index (χ0) is 13.4. The third-order valence-corrected chi connectivity index (χ3v) is 3.04. The highest BCUT2D eigenvalue weighted by Crippen LogP contribution is 2.34. The summed E-state index contributed by atoms with van der Waals surface area (Å²) < 4.78 is 53.4. The summed E-state index contributed by atoms with van der Waals surface area (Å²) in [7, 11) is 0. The lowest BCUT2D eigenvalue weighted by Gasteiger charge is -2.29. The molecule has 2 rings (SSSR count). The molecular weight excluding hydrogens is 248 g/mol. The van der Waals surface area contributed by atoms with Crippen LogP contribution < -0.4 is 4.90 Å². The molecule has 0 atom stereocenters. The van der Waals surface area contributed by atoms with Crippen molar-refractivity contribution in [3.05, 3.63) is 23.5 Å². The number of halogens is 4. The Bertz CT molecular complexity index is 432. The zero-order valence-corrected chi connectivity index (χ0v) is 10.2. The average molecular weight is 262 g/mol. The van der Waals surface area contributed by atoms with E-state index in [-0.39, 0.29) is 6.04 Å². The maximum atomic E-state index is 13.6. The van der Waals surface area contributed by atoms with E-state index in [0.29, 0.717) is 12.5 Å². The summed E-state index contributed by atoms with van der Waals surface area (Å²) in [5, 5.41) is 0. The molecule has 1 aromatic rings. The van der Waals surface area contributed by atoms with E-state index in [2.05, 4.69) is 4.98 Å². The van der Waals surface area contributed by atoms with Gasteiger partial charge in [-0.15, -0.1) is 0 Å². The number of pyridine rings is 1. The van der Waals surface area contributed by atoms with Gasteiger partial charge in [0.05, 0.1) is 0 Å². The number of nitrogens with zero attached hydrogens (tertiary/aromatic N) is 2. The van der Waals surface area contributed by atoms with Crippen LogP contribution in [0.25, 0.3) is 0 Å². The molecule has 0 amide bonds. The van der Waals surface area contributed by atoms with Gasteiger partial charge in [0.25, 0.3) is 11.9 Å². The highest BCUT2D eigenvalue weighted by molar-refractivity contribution is 5.49. The first-order valence-corrected chi connectivity index (χ1v) is 5.88. The van der Waals surface area contributed by atoms with Crippen molar-refractivity contribution in [2.75, 3.05) is 11.4 Å². The van der Waals surface area contributed by atoms with E-state index in [0.717, 1.165) is 12.8 Å². The molecule has 100 valence electrons. The van der Waals surface area contributed by atoms with Gasteiger partial charge in [0, 0.05) is 12.6 Å². The van der Waals surface area contributed by atoms with Crippen molar-refractivity contribution in [3.63, 3.8) is 0 Å². The van der Waals surface area contributed by atoms with Crippen molar-refractivity contribution in [1.82, 2.24) is 4.98 Å². The van der Waals surface area contributed by atoms with Crippen LogP contribution in [0.4, 0.5) is 23.2 Å². The van der Waals surface area contributed by atoms with Crippen LogP contribution in [0.2, 0.25) is 0 Å². The molecule has 1 aliphatic carbocycles. The smallest absolute Gasteiger partial charge is 0.253 e. The van der Waals surface area contributed by atoms with Crippen LogP contribution in [0.15, 0.2) is 0 Å². The molecule has 0 N–H and O–H groups in total. The fraction of sp³-hybridized carbons (Fsp3) is 0.583. The van der Waals surface area contributed by atoms with Gasteiger partial charge in [-0.25, -0.2) is 0 Å². The normalized spacial score (nSPS) is 15.3. The first-order valence-electron chi connectivity index (χ1n) is 5.88. The standard InChI is InChI=1S/C12H14F4N2/c1-6(2)18(5-7-3-4-7)10-8(13)11(15)17-12(16)9(10)14/h6-7H,3-5H2,1-2H3. The van der Waals surface area contributed by atoms with Crippen molar-refractivity contribution in [2.24, 2.45) is 5.92 Å². The predicted octanol–water partition coefficient (Wildman–Crippen LogP) is 3.26. The van der Waals surface area contributed by atoms with E-state index in [4.69, 9.17) is 0 Å². The lowest BCUT2D eigenvalue weighted by Crippen LogP contribution is -2.35. The minimum atomic E-state index is -1.61. The van der Waals surface area contributed by atoms with E-state index in [1.807, 2.05) is 0 Å². The van der Waals surface area contributed by atoms with Crippen LogP contribution in [0.3, 0.4) is 0 Å². The molecule has 0 spiro atoms. The van der Waals surface area contributed by atoms with Gasteiger partial charge in [-0.05, 0) is 32.6 Å². The van der Waals surface area contributed by atoms with E-state index in [1.54, 1.807) is 13.8 Å². The molecule has 1 heterocycles. The number of rotatable bonds is 4. The SMILES string of the molecule is CC(C)N(CC1CC1)c1c(F)c(F)nc(F)c1F. The number of anilines is 1. The highest BCUT2D eigenvalue weighted by Gasteiger charge is 2.31. The van der Waals surface area contributed by atoms with Gasteiger partial charge in [0.1, 0.15) is 5.69 Å². The zero-order valence-electron chi connectivity index (χ0n) is 10.2. The average Bonchev–Trinajstić information content (AvgIpc) is 3.09. The summed E-state index contributed by atoms with van der Waals surface area (Å²) in [6.45, 7) is 3.84. The lowest BCUT2D eigenvalue weighted by atomic mass is 10.2. The molecule has 18 heavy (non-hydrogen) atoms. The fourth-order valence-corrected chi connectivity index (χ4v) is 1.87. The highest BCUT2D eigenvalue weighted by atomic mass is 19.2. The summed E-state index contributed by atoms with van der Waals surface area (Å²) in [6.07, 6.45) is 1.95. The second-order valence-corrected chi connectivity index (χ2v) is 4.86. The van der Waals surface area contributed by atoms with Crippen molar-refractivity contribution >= 4 is 5.69 Å². The Hall–Kier alpha value is -1.33. The fourth-order valence-electron chi connectivity index (χ4n) is 1.87. The largest absolute Gasteiger partial charge is 0.364 e. The summed E-state index contributed by atoms with van der Waals surface area (Å²) in [5.74, 6) is -5.73.